The van der Waals surface area contributed by atoms with Crippen LogP contribution in [0, 0.1) is 0 Å². The Morgan fingerprint density at radius 1 is 1.30 bits per heavy atom. The number of benzene rings is 1. The van der Waals surface area contributed by atoms with E-state index >= 15 is 0 Å². The van der Waals surface area contributed by atoms with Gasteiger partial charge in [-0.05, 0) is 30.7 Å². The maximum absolute atomic E-state index is 12.4. The predicted molar refractivity (Wildman–Crippen MR) is 74.0 cm³/mol. The van der Waals surface area contributed by atoms with E-state index in [9.17, 15) is 13.2 Å². The van der Waals surface area contributed by atoms with Crippen molar-refractivity contribution >= 4 is 15.9 Å². The fourth-order valence-electron chi connectivity index (χ4n) is 1.90. The molecule has 0 atom stereocenters. The number of nitrogens with one attached hydrogen (secondary N) is 1. The van der Waals surface area contributed by atoms with E-state index in [-0.39, 0.29) is 17.3 Å². The minimum Gasteiger partial charge on any atom is -0.494 e. The number of hydrogen-bond donors (Lipinski definition) is 1. The Balaban J connectivity index is 2.14. The summed E-state index contributed by atoms with van der Waals surface area (Å²) in [6.45, 7) is 3.10. The number of nitrogens with zero attached hydrogens (tertiary/aromatic N) is 1. The van der Waals surface area contributed by atoms with Gasteiger partial charge in [0.25, 0.3) is 0 Å². The van der Waals surface area contributed by atoms with Crippen LogP contribution in [-0.2, 0) is 14.8 Å². The molecule has 1 aliphatic heterocycles. The first-order valence-corrected chi connectivity index (χ1v) is 7.98. The number of piperazine rings is 1. The summed E-state index contributed by atoms with van der Waals surface area (Å²) in [5, 5.41) is 2.60. The van der Waals surface area contributed by atoms with Gasteiger partial charge in [-0.15, -0.1) is 0 Å². The standard InChI is InChI=1S/C13H18N2O4S/c1-2-9-19-11-3-5-12(6-4-11)20(17,18)15-8-7-14-13(16)10-15/h3-6H,2,7-10H2,1H3,(H,14,16). The summed E-state index contributed by atoms with van der Waals surface area (Å²) in [6.07, 6.45) is 0.892. The van der Waals surface area contributed by atoms with Gasteiger partial charge in [-0.25, -0.2) is 8.42 Å². The number of ether oxygens (including phenoxy) is 1. The molecule has 1 amide bonds. The third-order valence-corrected chi connectivity index (χ3v) is 4.80. The molecular weight excluding hydrogens is 280 g/mol. The molecule has 1 saturated heterocycles. The molecular formula is C13H18N2O4S. The lowest BCUT2D eigenvalue weighted by atomic mass is 10.3. The van der Waals surface area contributed by atoms with Gasteiger partial charge in [0.1, 0.15) is 5.75 Å². The normalized spacial score (nSPS) is 16.8. The molecule has 0 bridgehead atoms. The SMILES string of the molecule is CCCOc1ccc(S(=O)(=O)N2CCNC(=O)C2)cc1. The van der Waals surface area contributed by atoms with Gasteiger partial charge in [-0.1, -0.05) is 6.92 Å². The number of carbonyl (C=O) groups excluding carboxylic acids is 1. The Bertz CT molecular complexity index is 569. The van der Waals surface area contributed by atoms with E-state index in [1.54, 1.807) is 12.1 Å². The number of rotatable bonds is 5. The molecule has 1 N–H and O–H groups in total. The second-order valence-corrected chi connectivity index (χ2v) is 6.45. The Morgan fingerprint density at radius 3 is 2.60 bits per heavy atom. The van der Waals surface area contributed by atoms with Gasteiger partial charge in [0.2, 0.25) is 15.9 Å². The molecule has 6 nitrogen and oxygen atoms in total. The first kappa shape index (κ1) is 14.8. The summed E-state index contributed by atoms with van der Waals surface area (Å²) in [5.74, 6) is 0.366. The van der Waals surface area contributed by atoms with Crippen molar-refractivity contribution in [1.29, 1.82) is 0 Å². The third-order valence-electron chi connectivity index (χ3n) is 2.94. The molecule has 0 unspecified atom stereocenters. The van der Waals surface area contributed by atoms with Crippen LogP contribution in [0.4, 0.5) is 0 Å². The molecule has 1 aromatic carbocycles. The van der Waals surface area contributed by atoms with Crippen molar-refractivity contribution in [2.75, 3.05) is 26.2 Å². The lowest BCUT2D eigenvalue weighted by molar-refractivity contribution is -0.122. The quantitative estimate of drug-likeness (QED) is 0.863. The predicted octanol–water partition coefficient (Wildman–Crippen LogP) is 0.596. The number of amides is 1. The Kier molecular flexibility index (Phi) is 4.61. The minimum absolute atomic E-state index is 0.129. The zero-order valence-corrected chi connectivity index (χ0v) is 12.1. The fraction of sp³-hybridized carbons (Fsp3) is 0.462. The monoisotopic (exact) mass is 298 g/mol. The summed E-state index contributed by atoms with van der Waals surface area (Å²) >= 11 is 0. The zero-order chi connectivity index (χ0) is 14.6. The first-order valence-electron chi connectivity index (χ1n) is 6.53. The van der Waals surface area contributed by atoms with Crippen LogP contribution in [0.1, 0.15) is 13.3 Å². The highest BCUT2D eigenvalue weighted by molar-refractivity contribution is 7.89. The molecule has 110 valence electrons. The molecule has 1 heterocycles. The summed E-state index contributed by atoms with van der Waals surface area (Å²) < 4.78 is 31.3. The molecule has 20 heavy (non-hydrogen) atoms. The van der Waals surface area contributed by atoms with Crippen molar-refractivity contribution in [3.8, 4) is 5.75 Å². The van der Waals surface area contributed by atoms with E-state index in [2.05, 4.69) is 5.32 Å². The van der Waals surface area contributed by atoms with Crippen molar-refractivity contribution < 1.29 is 17.9 Å². The maximum Gasteiger partial charge on any atom is 0.243 e. The van der Waals surface area contributed by atoms with Crippen LogP contribution in [0.15, 0.2) is 29.2 Å². The molecule has 0 radical (unpaired) electrons. The van der Waals surface area contributed by atoms with Crippen molar-refractivity contribution in [2.45, 2.75) is 18.2 Å². The second-order valence-electron chi connectivity index (χ2n) is 4.51. The topological polar surface area (TPSA) is 75.7 Å². The largest absolute Gasteiger partial charge is 0.494 e. The van der Waals surface area contributed by atoms with Gasteiger partial charge in [-0.2, -0.15) is 4.31 Å². The number of hydrogen-bond acceptors (Lipinski definition) is 4. The van der Waals surface area contributed by atoms with Gasteiger partial charge in [-0.3, -0.25) is 4.79 Å². The zero-order valence-electron chi connectivity index (χ0n) is 11.3. The van der Waals surface area contributed by atoms with Crippen molar-refractivity contribution in [1.82, 2.24) is 9.62 Å². The van der Waals surface area contributed by atoms with Crippen LogP contribution in [0.25, 0.3) is 0 Å². The van der Waals surface area contributed by atoms with Gasteiger partial charge in [0.15, 0.2) is 0 Å². The molecule has 7 heteroatoms. The average molecular weight is 298 g/mol. The molecule has 0 aliphatic carbocycles. The highest BCUT2D eigenvalue weighted by Gasteiger charge is 2.28. The number of sulfonamides is 1. The van der Waals surface area contributed by atoms with E-state index < -0.39 is 10.0 Å². The summed E-state index contributed by atoms with van der Waals surface area (Å²) in [4.78, 5) is 11.5. The number of carbonyl (C=O) groups is 1. The van der Waals surface area contributed by atoms with Gasteiger partial charge < -0.3 is 10.1 Å². The molecule has 0 spiro atoms. The van der Waals surface area contributed by atoms with Gasteiger partial charge in [0.05, 0.1) is 18.0 Å². The van der Waals surface area contributed by atoms with Crippen LogP contribution >= 0.6 is 0 Å². The molecule has 0 aromatic heterocycles. The third kappa shape index (κ3) is 3.29. The van der Waals surface area contributed by atoms with Crippen molar-refractivity contribution in [3.63, 3.8) is 0 Å². The molecule has 1 fully saturated rings. The van der Waals surface area contributed by atoms with Crippen molar-refractivity contribution in [3.05, 3.63) is 24.3 Å². The van der Waals surface area contributed by atoms with E-state index in [4.69, 9.17) is 4.74 Å². The summed E-state index contributed by atoms with van der Waals surface area (Å²) in [5.41, 5.74) is 0. The van der Waals surface area contributed by atoms with Gasteiger partial charge in [0, 0.05) is 13.1 Å². The lowest BCUT2D eigenvalue weighted by Crippen LogP contribution is -2.49. The van der Waals surface area contributed by atoms with Crippen LogP contribution in [0.2, 0.25) is 0 Å². The van der Waals surface area contributed by atoms with Crippen LogP contribution in [0.3, 0.4) is 0 Å². The Labute approximate surface area is 118 Å². The van der Waals surface area contributed by atoms with Gasteiger partial charge >= 0.3 is 0 Å². The fourth-order valence-corrected chi connectivity index (χ4v) is 3.29. The van der Waals surface area contributed by atoms with Crippen molar-refractivity contribution in [2.24, 2.45) is 0 Å². The molecule has 1 aliphatic rings. The Morgan fingerprint density at radius 2 is 2.00 bits per heavy atom. The minimum atomic E-state index is -3.62. The smallest absolute Gasteiger partial charge is 0.243 e. The van der Waals surface area contributed by atoms with E-state index in [0.29, 0.717) is 25.4 Å². The van der Waals surface area contributed by atoms with E-state index in [0.717, 1.165) is 6.42 Å². The van der Waals surface area contributed by atoms with E-state index in [1.165, 1.54) is 16.4 Å². The average Bonchev–Trinajstić information content (AvgIpc) is 2.45. The van der Waals surface area contributed by atoms with E-state index in [1.807, 2.05) is 6.92 Å². The first-order chi connectivity index (χ1) is 9.54. The summed E-state index contributed by atoms with van der Waals surface area (Å²) in [6, 6.07) is 6.28. The highest BCUT2D eigenvalue weighted by atomic mass is 32.2. The molecule has 2 rings (SSSR count). The molecule has 1 aromatic rings. The van der Waals surface area contributed by atoms with Crippen LogP contribution < -0.4 is 10.1 Å². The van der Waals surface area contributed by atoms with Crippen LogP contribution in [-0.4, -0.2) is 44.9 Å². The lowest BCUT2D eigenvalue weighted by Gasteiger charge is -2.25. The highest BCUT2D eigenvalue weighted by Crippen LogP contribution is 2.20. The summed E-state index contributed by atoms with van der Waals surface area (Å²) in [7, 11) is -3.62. The van der Waals surface area contributed by atoms with Crippen LogP contribution in [0.5, 0.6) is 5.75 Å². The Hall–Kier alpha value is -1.60. The second kappa shape index (κ2) is 6.23. The maximum atomic E-state index is 12.4. The molecule has 0 saturated carbocycles.